The predicted molar refractivity (Wildman–Crippen MR) is 121 cm³/mol. The van der Waals surface area contributed by atoms with Crippen LogP contribution in [0.3, 0.4) is 0 Å². The van der Waals surface area contributed by atoms with Crippen molar-refractivity contribution in [3.63, 3.8) is 0 Å². The number of fused-ring (bicyclic) bond motifs is 1. The Morgan fingerprint density at radius 1 is 1.13 bits per heavy atom. The largest absolute Gasteiger partial charge is 0.490 e. The Kier molecular flexibility index (Phi) is 6.35. The average molecular weight is 427 g/mol. The molecule has 2 aliphatic rings. The lowest BCUT2D eigenvalue weighted by molar-refractivity contribution is 0.0924. The second-order valence-corrected chi connectivity index (χ2v) is 9.39. The number of nitrogens with zero attached hydrogens (tertiary/aromatic N) is 1. The summed E-state index contributed by atoms with van der Waals surface area (Å²) in [5.74, 6) is 2.90. The van der Waals surface area contributed by atoms with Gasteiger partial charge in [-0.3, -0.25) is 4.79 Å². The van der Waals surface area contributed by atoms with Crippen LogP contribution in [-0.4, -0.2) is 37.0 Å². The Hall–Kier alpha value is -2.04. The highest BCUT2D eigenvalue weighted by atomic mass is 35.5. The van der Waals surface area contributed by atoms with Gasteiger partial charge in [0, 0.05) is 28.7 Å². The first-order valence-corrected chi connectivity index (χ1v) is 11.3. The third-order valence-corrected chi connectivity index (χ3v) is 6.80. The van der Waals surface area contributed by atoms with Gasteiger partial charge in [0.05, 0.1) is 6.10 Å². The maximum atomic E-state index is 12.6. The van der Waals surface area contributed by atoms with Gasteiger partial charge in [-0.25, -0.2) is 0 Å². The number of carbonyl (C=O) groups is 1. The van der Waals surface area contributed by atoms with Crippen molar-refractivity contribution in [2.24, 2.45) is 17.8 Å². The van der Waals surface area contributed by atoms with Gasteiger partial charge in [0.15, 0.2) is 0 Å². The van der Waals surface area contributed by atoms with Crippen molar-refractivity contribution in [3.05, 3.63) is 64.7 Å². The van der Waals surface area contributed by atoms with Crippen LogP contribution in [0.5, 0.6) is 5.75 Å². The number of para-hydroxylation sites is 1. The van der Waals surface area contributed by atoms with Crippen molar-refractivity contribution in [1.82, 2.24) is 10.2 Å². The van der Waals surface area contributed by atoms with Crippen molar-refractivity contribution >= 4 is 17.5 Å². The van der Waals surface area contributed by atoms with E-state index in [0.717, 1.165) is 31.6 Å². The van der Waals surface area contributed by atoms with E-state index in [1.165, 1.54) is 5.56 Å². The van der Waals surface area contributed by atoms with Crippen LogP contribution in [0.4, 0.5) is 0 Å². The molecule has 5 heteroatoms. The molecule has 2 fully saturated rings. The highest BCUT2D eigenvalue weighted by Crippen LogP contribution is 2.60. The smallest absolute Gasteiger partial charge is 0.251 e. The van der Waals surface area contributed by atoms with Gasteiger partial charge in [-0.1, -0.05) is 36.7 Å². The minimum Gasteiger partial charge on any atom is -0.490 e. The molecule has 160 valence electrons. The molecule has 3 atom stereocenters. The van der Waals surface area contributed by atoms with Crippen LogP contribution < -0.4 is 10.1 Å². The van der Waals surface area contributed by atoms with E-state index in [4.69, 9.17) is 16.3 Å². The topological polar surface area (TPSA) is 41.6 Å². The summed E-state index contributed by atoms with van der Waals surface area (Å²) in [6, 6.07) is 15.7. The molecule has 0 bridgehead atoms. The molecule has 2 aromatic carbocycles. The van der Waals surface area contributed by atoms with Crippen LogP contribution in [0.2, 0.25) is 5.02 Å². The Balaban J connectivity index is 1.32. The van der Waals surface area contributed by atoms with Gasteiger partial charge in [-0.05, 0) is 81.4 Å². The van der Waals surface area contributed by atoms with E-state index in [2.05, 4.69) is 49.4 Å². The maximum absolute atomic E-state index is 12.6. The van der Waals surface area contributed by atoms with Crippen LogP contribution in [0.25, 0.3) is 0 Å². The number of benzene rings is 2. The zero-order valence-corrected chi connectivity index (χ0v) is 18.7. The number of hydrogen-bond donors (Lipinski definition) is 1. The second kappa shape index (κ2) is 8.99. The molecule has 3 unspecified atom stereocenters. The first-order valence-electron chi connectivity index (χ1n) is 10.9. The third-order valence-electron chi connectivity index (χ3n) is 6.55. The van der Waals surface area contributed by atoms with Crippen molar-refractivity contribution in [1.29, 1.82) is 0 Å². The first-order chi connectivity index (χ1) is 14.5. The molecule has 0 saturated heterocycles. The summed E-state index contributed by atoms with van der Waals surface area (Å²) < 4.78 is 6.40. The number of carbonyl (C=O) groups excluding carboxylic acids is 1. The van der Waals surface area contributed by atoms with Gasteiger partial charge in [0.2, 0.25) is 0 Å². The fourth-order valence-corrected chi connectivity index (χ4v) is 5.25. The summed E-state index contributed by atoms with van der Waals surface area (Å²) in [5, 5.41) is 3.91. The van der Waals surface area contributed by atoms with Crippen LogP contribution >= 0.6 is 11.6 Å². The summed E-state index contributed by atoms with van der Waals surface area (Å²) in [4.78, 5) is 14.8. The molecule has 0 radical (unpaired) electrons. The molecule has 1 amide bonds. The number of halogens is 1. The van der Waals surface area contributed by atoms with E-state index in [1.54, 1.807) is 24.3 Å². The second-order valence-electron chi connectivity index (χ2n) is 8.96. The zero-order chi connectivity index (χ0) is 21.3. The van der Waals surface area contributed by atoms with Gasteiger partial charge in [0.1, 0.15) is 5.75 Å². The summed E-state index contributed by atoms with van der Waals surface area (Å²) in [6.07, 6.45) is 3.40. The molecule has 0 spiro atoms. The highest BCUT2D eigenvalue weighted by Gasteiger charge is 2.59. The van der Waals surface area contributed by atoms with Gasteiger partial charge in [-0.2, -0.15) is 0 Å². The minimum atomic E-state index is -0.00565. The molecule has 0 aliphatic heterocycles. The lowest BCUT2D eigenvalue weighted by atomic mass is 10.00. The number of ether oxygens (including phenoxy) is 1. The molecular weight excluding hydrogens is 396 g/mol. The normalized spacial score (nSPS) is 25.6. The van der Waals surface area contributed by atoms with E-state index in [0.29, 0.717) is 28.3 Å². The predicted octanol–water partition coefficient (Wildman–Crippen LogP) is 5.01. The molecule has 2 aromatic rings. The lowest BCUT2D eigenvalue weighted by Gasteiger charge is -2.23. The molecule has 0 aromatic heterocycles. The molecule has 4 nitrogen and oxygen atoms in total. The average Bonchev–Trinajstić information content (AvgIpc) is 3.21. The summed E-state index contributed by atoms with van der Waals surface area (Å²) in [6.45, 7) is 3.04. The molecule has 30 heavy (non-hydrogen) atoms. The molecule has 2 aliphatic carbocycles. The summed E-state index contributed by atoms with van der Waals surface area (Å²) in [7, 11) is 4.16. The van der Waals surface area contributed by atoms with Gasteiger partial charge < -0.3 is 15.0 Å². The molecular formula is C25H31ClN2O2. The van der Waals surface area contributed by atoms with Crippen LogP contribution in [0.1, 0.15) is 42.1 Å². The number of amides is 1. The summed E-state index contributed by atoms with van der Waals surface area (Å²) in [5.41, 5.74) is 1.91. The van der Waals surface area contributed by atoms with Crippen molar-refractivity contribution < 1.29 is 9.53 Å². The number of rotatable bonds is 8. The number of nitrogens with one attached hydrogen (secondary N) is 1. The maximum Gasteiger partial charge on any atom is 0.251 e. The van der Waals surface area contributed by atoms with Crippen LogP contribution in [0, 0.1) is 17.8 Å². The van der Waals surface area contributed by atoms with Gasteiger partial charge >= 0.3 is 0 Å². The zero-order valence-electron chi connectivity index (χ0n) is 18.0. The Bertz CT molecular complexity index is 871. The third kappa shape index (κ3) is 4.65. The fraction of sp³-hybridized carbons (Fsp3) is 0.480. The van der Waals surface area contributed by atoms with Crippen LogP contribution in [-0.2, 0) is 6.54 Å². The van der Waals surface area contributed by atoms with E-state index in [-0.39, 0.29) is 18.1 Å². The first kappa shape index (κ1) is 21.2. The SMILES string of the molecule is CCC(NC(=O)c1ccc(Cl)cc1)C1C2CC(Oc3ccccc3CN(C)C)CC21. The van der Waals surface area contributed by atoms with E-state index < -0.39 is 0 Å². The van der Waals surface area contributed by atoms with Crippen molar-refractivity contribution in [3.8, 4) is 5.75 Å². The molecule has 2 saturated carbocycles. The standard InChI is InChI=1S/C25H31ClN2O2/c1-4-22(27-25(29)16-9-11-18(26)12-10-16)24-20-13-19(14-21(20)24)30-23-8-6-5-7-17(23)15-28(2)3/h5-12,19-22,24H,4,13-15H2,1-3H3,(H,27,29). The molecule has 4 rings (SSSR count). The Morgan fingerprint density at radius 3 is 2.43 bits per heavy atom. The minimum absolute atomic E-state index is 0.00565. The van der Waals surface area contributed by atoms with Crippen molar-refractivity contribution in [2.45, 2.75) is 44.9 Å². The van der Waals surface area contributed by atoms with E-state index in [9.17, 15) is 4.79 Å². The fourth-order valence-electron chi connectivity index (χ4n) is 5.13. The monoisotopic (exact) mass is 426 g/mol. The molecule has 0 heterocycles. The Labute approximate surface area is 184 Å². The Morgan fingerprint density at radius 2 is 1.80 bits per heavy atom. The van der Waals surface area contributed by atoms with E-state index >= 15 is 0 Å². The summed E-state index contributed by atoms with van der Waals surface area (Å²) >= 11 is 5.93. The van der Waals surface area contributed by atoms with Crippen molar-refractivity contribution in [2.75, 3.05) is 14.1 Å². The number of hydrogen-bond acceptors (Lipinski definition) is 3. The highest BCUT2D eigenvalue weighted by molar-refractivity contribution is 6.30. The molecule has 1 N–H and O–H groups in total. The van der Waals surface area contributed by atoms with E-state index in [1.807, 2.05) is 6.07 Å². The lowest BCUT2D eigenvalue weighted by Crippen LogP contribution is -2.37. The van der Waals surface area contributed by atoms with Crippen LogP contribution in [0.15, 0.2) is 48.5 Å². The van der Waals surface area contributed by atoms with Gasteiger partial charge in [-0.15, -0.1) is 0 Å². The quantitative estimate of drug-likeness (QED) is 0.644. The van der Waals surface area contributed by atoms with Gasteiger partial charge in [0.25, 0.3) is 5.91 Å².